The minimum atomic E-state index is -0.144. The SMILES string of the molecule is CC1(C)C=CC(=C2C(=O)C3(C)CCC2C3(C)C)C=C1. The first-order chi connectivity index (χ1) is 8.69. The second-order valence-electron chi connectivity index (χ2n) is 7.83. The predicted molar refractivity (Wildman–Crippen MR) is 78.7 cm³/mol. The van der Waals surface area contributed by atoms with Crippen molar-refractivity contribution >= 4 is 5.78 Å². The van der Waals surface area contributed by atoms with E-state index in [9.17, 15) is 4.79 Å². The summed E-state index contributed by atoms with van der Waals surface area (Å²) < 4.78 is 0. The average molecular weight is 256 g/mol. The van der Waals surface area contributed by atoms with Crippen LogP contribution in [0.1, 0.15) is 47.5 Å². The third-order valence-corrected chi connectivity index (χ3v) is 6.02. The van der Waals surface area contributed by atoms with Gasteiger partial charge in [-0.2, -0.15) is 0 Å². The third kappa shape index (κ3) is 1.50. The lowest BCUT2D eigenvalue weighted by Gasteiger charge is -2.31. The standard InChI is InChI=1S/C18H24O/c1-16(2)9-6-12(7-10-16)14-13-8-11-18(5,15(14)19)17(13,3)4/h6-7,9-10,13H,8,11H2,1-5H3. The molecule has 0 saturated heterocycles. The van der Waals surface area contributed by atoms with E-state index in [1.54, 1.807) is 0 Å². The summed E-state index contributed by atoms with van der Waals surface area (Å²) in [4.78, 5) is 12.8. The van der Waals surface area contributed by atoms with E-state index in [2.05, 4.69) is 58.9 Å². The Kier molecular flexibility index (Phi) is 2.38. The van der Waals surface area contributed by atoms with Crippen LogP contribution < -0.4 is 0 Å². The molecule has 0 aromatic rings. The van der Waals surface area contributed by atoms with E-state index in [1.807, 2.05) is 0 Å². The van der Waals surface area contributed by atoms with Crippen molar-refractivity contribution in [3.63, 3.8) is 0 Å². The number of allylic oxidation sites excluding steroid dienone is 6. The van der Waals surface area contributed by atoms with Gasteiger partial charge in [-0.15, -0.1) is 0 Å². The van der Waals surface area contributed by atoms with E-state index in [1.165, 1.54) is 6.42 Å². The molecule has 3 aliphatic rings. The van der Waals surface area contributed by atoms with Crippen LogP contribution >= 0.6 is 0 Å². The number of fused-ring (bicyclic) bond motifs is 2. The van der Waals surface area contributed by atoms with Gasteiger partial charge < -0.3 is 0 Å². The Hall–Kier alpha value is -1.11. The van der Waals surface area contributed by atoms with E-state index in [0.717, 1.165) is 17.6 Å². The summed E-state index contributed by atoms with van der Waals surface area (Å²) in [7, 11) is 0. The summed E-state index contributed by atoms with van der Waals surface area (Å²) in [5.41, 5.74) is 2.34. The van der Waals surface area contributed by atoms with Gasteiger partial charge in [-0.3, -0.25) is 4.79 Å². The molecule has 2 unspecified atom stereocenters. The third-order valence-electron chi connectivity index (χ3n) is 6.02. The number of carbonyl (C=O) groups is 1. The van der Waals surface area contributed by atoms with E-state index in [4.69, 9.17) is 0 Å². The lowest BCUT2D eigenvalue weighted by Crippen LogP contribution is -2.32. The van der Waals surface area contributed by atoms with E-state index >= 15 is 0 Å². The quantitative estimate of drug-likeness (QED) is 0.585. The molecule has 102 valence electrons. The maximum atomic E-state index is 12.8. The van der Waals surface area contributed by atoms with Gasteiger partial charge in [-0.1, -0.05) is 58.9 Å². The Morgan fingerprint density at radius 1 is 1.05 bits per heavy atom. The highest BCUT2D eigenvalue weighted by Crippen LogP contribution is 2.66. The summed E-state index contributed by atoms with van der Waals surface area (Å²) in [5, 5.41) is 0. The van der Waals surface area contributed by atoms with Crippen LogP contribution in [0.15, 0.2) is 35.5 Å². The van der Waals surface area contributed by atoms with Crippen molar-refractivity contribution in [1.82, 2.24) is 0 Å². The van der Waals surface area contributed by atoms with Gasteiger partial charge in [0.2, 0.25) is 0 Å². The van der Waals surface area contributed by atoms with Crippen LogP contribution in [0.2, 0.25) is 0 Å². The molecule has 0 radical (unpaired) electrons. The van der Waals surface area contributed by atoms with E-state index < -0.39 is 0 Å². The van der Waals surface area contributed by atoms with Crippen molar-refractivity contribution in [3.8, 4) is 0 Å². The molecule has 0 heterocycles. The van der Waals surface area contributed by atoms with Crippen molar-refractivity contribution in [2.75, 3.05) is 0 Å². The molecule has 0 N–H and O–H groups in total. The fourth-order valence-electron chi connectivity index (χ4n) is 4.10. The van der Waals surface area contributed by atoms with Crippen LogP contribution in [0, 0.1) is 22.2 Å². The summed E-state index contributed by atoms with van der Waals surface area (Å²) in [5.74, 6) is 0.841. The maximum Gasteiger partial charge on any atom is 0.166 e. The monoisotopic (exact) mass is 256 g/mol. The summed E-state index contributed by atoms with van der Waals surface area (Å²) in [6.45, 7) is 11.1. The van der Waals surface area contributed by atoms with Crippen LogP contribution in [-0.4, -0.2) is 5.78 Å². The van der Waals surface area contributed by atoms with Crippen LogP contribution in [0.5, 0.6) is 0 Å². The molecule has 2 saturated carbocycles. The Balaban J connectivity index is 2.11. The summed E-state index contributed by atoms with van der Waals surface area (Å²) in [6, 6.07) is 0. The minimum absolute atomic E-state index is 0.112. The fourth-order valence-corrected chi connectivity index (χ4v) is 4.10. The highest BCUT2D eigenvalue weighted by molar-refractivity contribution is 6.06. The zero-order chi connectivity index (χ0) is 14.1. The molecule has 2 bridgehead atoms. The molecular formula is C18H24O. The van der Waals surface area contributed by atoms with Crippen LogP contribution in [-0.2, 0) is 4.79 Å². The zero-order valence-corrected chi connectivity index (χ0v) is 12.7. The molecule has 2 fully saturated rings. The van der Waals surface area contributed by atoms with Crippen LogP contribution in [0.3, 0.4) is 0 Å². The molecule has 1 nitrogen and oxygen atoms in total. The lowest BCUT2D eigenvalue weighted by molar-refractivity contribution is -0.125. The van der Waals surface area contributed by atoms with Gasteiger partial charge in [-0.05, 0) is 29.7 Å². The normalized spacial score (nSPS) is 38.4. The highest BCUT2D eigenvalue weighted by Gasteiger charge is 2.64. The Labute approximate surface area is 116 Å². The molecule has 0 aliphatic heterocycles. The first kappa shape index (κ1) is 12.9. The van der Waals surface area contributed by atoms with Crippen molar-refractivity contribution in [2.45, 2.75) is 47.5 Å². The smallest absolute Gasteiger partial charge is 0.166 e. The van der Waals surface area contributed by atoms with Crippen molar-refractivity contribution in [2.24, 2.45) is 22.2 Å². The second-order valence-corrected chi connectivity index (χ2v) is 7.83. The number of Topliss-reactive ketones (excluding diaryl/α,β-unsaturated/α-hetero) is 1. The van der Waals surface area contributed by atoms with Crippen LogP contribution in [0.4, 0.5) is 0 Å². The molecule has 0 spiro atoms. The van der Waals surface area contributed by atoms with Gasteiger partial charge in [-0.25, -0.2) is 0 Å². The molecule has 0 aromatic heterocycles. The highest BCUT2D eigenvalue weighted by atomic mass is 16.1. The molecule has 0 amide bonds. The number of hydrogen-bond acceptors (Lipinski definition) is 1. The number of ketones is 1. The van der Waals surface area contributed by atoms with E-state index in [0.29, 0.717) is 11.7 Å². The van der Waals surface area contributed by atoms with Gasteiger partial charge in [0.25, 0.3) is 0 Å². The largest absolute Gasteiger partial charge is 0.294 e. The van der Waals surface area contributed by atoms with Gasteiger partial charge in [0, 0.05) is 16.4 Å². The van der Waals surface area contributed by atoms with Gasteiger partial charge >= 0.3 is 0 Å². The number of hydrogen-bond donors (Lipinski definition) is 0. The van der Waals surface area contributed by atoms with Gasteiger partial charge in [0.15, 0.2) is 5.78 Å². The number of rotatable bonds is 0. The topological polar surface area (TPSA) is 17.1 Å². The Morgan fingerprint density at radius 2 is 1.63 bits per heavy atom. The minimum Gasteiger partial charge on any atom is -0.294 e. The molecule has 3 aliphatic carbocycles. The Morgan fingerprint density at radius 3 is 2.11 bits per heavy atom. The van der Waals surface area contributed by atoms with Crippen LogP contribution in [0.25, 0.3) is 0 Å². The average Bonchev–Trinajstić information content (AvgIpc) is 2.62. The summed E-state index contributed by atoms with van der Waals surface area (Å²) >= 11 is 0. The van der Waals surface area contributed by atoms with Gasteiger partial charge in [0.1, 0.15) is 0 Å². The van der Waals surface area contributed by atoms with E-state index in [-0.39, 0.29) is 16.2 Å². The molecule has 0 aromatic carbocycles. The molecular weight excluding hydrogens is 232 g/mol. The molecule has 2 atom stereocenters. The first-order valence-corrected chi connectivity index (χ1v) is 7.36. The number of carbonyl (C=O) groups excluding carboxylic acids is 1. The molecule has 3 rings (SSSR count). The van der Waals surface area contributed by atoms with Crippen molar-refractivity contribution in [3.05, 3.63) is 35.5 Å². The lowest BCUT2D eigenvalue weighted by atomic mass is 9.70. The van der Waals surface area contributed by atoms with Gasteiger partial charge in [0.05, 0.1) is 0 Å². The Bertz CT molecular complexity index is 524. The molecule has 19 heavy (non-hydrogen) atoms. The second kappa shape index (κ2) is 3.50. The molecule has 1 heteroatoms. The fraction of sp³-hybridized carbons (Fsp3) is 0.611. The first-order valence-electron chi connectivity index (χ1n) is 7.36. The van der Waals surface area contributed by atoms with Crippen molar-refractivity contribution in [1.29, 1.82) is 0 Å². The predicted octanol–water partition coefficient (Wildman–Crippen LogP) is 4.46. The summed E-state index contributed by atoms with van der Waals surface area (Å²) in [6.07, 6.45) is 11.0. The van der Waals surface area contributed by atoms with Crippen molar-refractivity contribution < 1.29 is 4.79 Å². The maximum absolute atomic E-state index is 12.8. The zero-order valence-electron chi connectivity index (χ0n) is 12.7.